The van der Waals surface area contributed by atoms with Crippen LogP contribution in [-0.2, 0) is 11.3 Å². The van der Waals surface area contributed by atoms with Gasteiger partial charge in [-0.2, -0.15) is 0 Å². The number of hydrogen-bond donors (Lipinski definition) is 0. The number of morpholine rings is 1. The van der Waals surface area contributed by atoms with Crippen molar-refractivity contribution in [2.75, 3.05) is 25.1 Å². The maximum atomic E-state index is 14.2. The minimum absolute atomic E-state index is 0.124. The molecular weight excluding hydrogens is 383 g/mol. The van der Waals surface area contributed by atoms with Crippen molar-refractivity contribution in [3.63, 3.8) is 0 Å². The lowest BCUT2D eigenvalue weighted by molar-refractivity contribution is -0.0704. The first kappa shape index (κ1) is 22.2. The van der Waals surface area contributed by atoms with Crippen molar-refractivity contribution in [3.05, 3.63) is 59.4 Å². The van der Waals surface area contributed by atoms with Gasteiger partial charge < -0.3 is 14.4 Å². The Balaban J connectivity index is 1.75. The summed E-state index contributed by atoms with van der Waals surface area (Å²) in [5.41, 5.74) is 2.24. The summed E-state index contributed by atoms with van der Waals surface area (Å²) in [6, 6.07) is 12.1. The van der Waals surface area contributed by atoms with Crippen molar-refractivity contribution >= 4 is 11.6 Å². The number of amides is 1. The van der Waals surface area contributed by atoms with Crippen molar-refractivity contribution in [1.82, 2.24) is 4.90 Å². The van der Waals surface area contributed by atoms with Gasteiger partial charge in [-0.3, -0.25) is 9.69 Å². The van der Waals surface area contributed by atoms with E-state index in [2.05, 4.69) is 18.7 Å². The lowest BCUT2D eigenvalue weighted by atomic mass is 10.1. The van der Waals surface area contributed by atoms with E-state index in [1.807, 2.05) is 38.1 Å². The SMILES string of the molecule is COc1ccc(N(C(=O)c2ccc(CN3CC(C)OC(C)C3)cc2)C(C)C)cc1F. The van der Waals surface area contributed by atoms with Crippen LogP contribution in [0.1, 0.15) is 43.6 Å². The molecule has 2 aromatic carbocycles. The van der Waals surface area contributed by atoms with E-state index in [1.54, 1.807) is 17.0 Å². The maximum Gasteiger partial charge on any atom is 0.258 e. The number of methoxy groups -OCH3 is 1. The van der Waals surface area contributed by atoms with E-state index in [1.165, 1.54) is 13.2 Å². The highest BCUT2D eigenvalue weighted by Gasteiger charge is 2.24. The Kier molecular flexibility index (Phi) is 7.10. The molecule has 0 aromatic heterocycles. The van der Waals surface area contributed by atoms with Crippen LogP contribution in [0.5, 0.6) is 5.75 Å². The molecule has 1 aliphatic heterocycles. The Morgan fingerprint density at radius 1 is 1.17 bits per heavy atom. The Morgan fingerprint density at radius 2 is 1.80 bits per heavy atom. The lowest BCUT2D eigenvalue weighted by Gasteiger charge is -2.35. The molecule has 3 rings (SSSR count). The molecule has 1 amide bonds. The molecule has 1 aliphatic rings. The second-order valence-electron chi connectivity index (χ2n) is 8.24. The van der Waals surface area contributed by atoms with E-state index in [0.29, 0.717) is 11.3 Å². The number of carbonyl (C=O) groups is 1. The van der Waals surface area contributed by atoms with E-state index in [9.17, 15) is 9.18 Å². The zero-order chi connectivity index (χ0) is 21.8. The number of ether oxygens (including phenoxy) is 2. The van der Waals surface area contributed by atoms with Crippen LogP contribution in [0.25, 0.3) is 0 Å². The molecule has 0 saturated carbocycles. The minimum Gasteiger partial charge on any atom is -0.494 e. The molecule has 30 heavy (non-hydrogen) atoms. The van der Waals surface area contributed by atoms with Crippen LogP contribution in [0.15, 0.2) is 42.5 Å². The van der Waals surface area contributed by atoms with Gasteiger partial charge in [0.2, 0.25) is 0 Å². The number of hydrogen-bond acceptors (Lipinski definition) is 4. The van der Waals surface area contributed by atoms with Gasteiger partial charge in [0.05, 0.1) is 19.3 Å². The normalized spacial score (nSPS) is 19.7. The molecule has 0 bridgehead atoms. The van der Waals surface area contributed by atoms with Crippen molar-refractivity contribution in [2.45, 2.75) is 52.5 Å². The molecule has 2 atom stereocenters. The highest BCUT2D eigenvalue weighted by molar-refractivity contribution is 6.06. The molecule has 2 aromatic rings. The largest absolute Gasteiger partial charge is 0.494 e. The second kappa shape index (κ2) is 9.58. The molecule has 0 spiro atoms. The quantitative estimate of drug-likeness (QED) is 0.698. The smallest absolute Gasteiger partial charge is 0.258 e. The minimum atomic E-state index is -0.488. The number of nitrogens with zero attached hydrogens (tertiary/aromatic N) is 2. The third-order valence-electron chi connectivity index (χ3n) is 5.25. The fourth-order valence-electron chi connectivity index (χ4n) is 4.02. The summed E-state index contributed by atoms with van der Waals surface area (Å²) in [6.45, 7) is 10.6. The molecule has 1 heterocycles. The summed E-state index contributed by atoms with van der Waals surface area (Å²) in [5, 5.41) is 0. The highest BCUT2D eigenvalue weighted by Crippen LogP contribution is 2.26. The predicted molar refractivity (Wildman–Crippen MR) is 117 cm³/mol. The summed E-state index contributed by atoms with van der Waals surface area (Å²) in [6.07, 6.45) is 0.443. The first-order valence-corrected chi connectivity index (χ1v) is 10.4. The van der Waals surface area contributed by atoms with E-state index >= 15 is 0 Å². The number of halogens is 1. The van der Waals surface area contributed by atoms with Crippen molar-refractivity contribution in [2.24, 2.45) is 0 Å². The van der Waals surface area contributed by atoms with Gasteiger partial charge in [-0.15, -0.1) is 0 Å². The van der Waals surface area contributed by atoms with Crippen LogP contribution in [0.3, 0.4) is 0 Å². The number of benzene rings is 2. The van der Waals surface area contributed by atoms with Crippen molar-refractivity contribution in [3.8, 4) is 5.75 Å². The maximum absolute atomic E-state index is 14.2. The third kappa shape index (κ3) is 5.18. The van der Waals surface area contributed by atoms with Crippen LogP contribution < -0.4 is 9.64 Å². The molecule has 1 fully saturated rings. The first-order chi connectivity index (χ1) is 14.3. The van der Waals surface area contributed by atoms with Crippen LogP contribution in [0, 0.1) is 5.82 Å². The topological polar surface area (TPSA) is 42.0 Å². The highest BCUT2D eigenvalue weighted by atomic mass is 19.1. The van der Waals surface area contributed by atoms with Gasteiger partial charge in [0.1, 0.15) is 0 Å². The predicted octanol–water partition coefficient (Wildman–Crippen LogP) is 4.50. The Morgan fingerprint density at radius 3 is 2.33 bits per heavy atom. The molecule has 0 N–H and O–H groups in total. The van der Waals surface area contributed by atoms with Crippen LogP contribution in [0.4, 0.5) is 10.1 Å². The summed E-state index contributed by atoms with van der Waals surface area (Å²) >= 11 is 0. The molecule has 0 aliphatic carbocycles. The average Bonchev–Trinajstić information content (AvgIpc) is 2.67. The Hall–Kier alpha value is -2.44. The van der Waals surface area contributed by atoms with E-state index in [0.717, 1.165) is 25.2 Å². The average molecular weight is 415 g/mol. The lowest BCUT2D eigenvalue weighted by Crippen LogP contribution is -2.44. The van der Waals surface area contributed by atoms with E-state index < -0.39 is 5.82 Å². The van der Waals surface area contributed by atoms with Gasteiger partial charge >= 0.3 is 0 Å². The Labute approximate surface area is 178 Å². The van der Waals surface area contributed by atoms with Gasteiger partial charge in [-0.1, -0.05) is 12.1 Å². The summed E-state index contributed by atoms with van der Waals surface area (Å²) < 4.78 is 25.0. The fourth-order valence-corrected chi connectivity index (χ4v) is 4.02. The zero-order valence-electron chi connectivity index (χ0n) is 18.4. The fraction of sp³-hybridized carbons (Fsp3) is 0.458. The zero-order valence-corrected chi connectivity index (χ0v) is 18.4. The standard InChI is InChI=1S/C24H31FN2O3/c1-16(2)27(21-10-11-23(29-5)22(25)12-21)24(28)20-8-6-19(7-9-20)15-26-13-17(3)30-18(4)14-26/h6-12,16-18H,13-15H2,1-5H3. The molecule has 5 nitrogen and oxygen atoms in total. The Bertz CT molecular complexity index is 859. The van der Waals surface area contributed by atoms with Gasteiger partial charge in [-0.05, 0) is 57.5 Å². The van der Waals surface area contributed by atoms with Crippen LogP contribution in [0.2, 0.25) is 0 Å². The van der Waals surface area contributed by atoms with Gasteiger partial charge in [0.15, 0.2) is 11.6 Å². The monoisotopic (exact) mass is 414 g/mol. The molecule has 1 saturated heterocycles. The molecular formula is C24H31FN2O3. The summed E-state index contributed by atoms with van der Waals surface area (Å²) in [5.74, 6) is -0.487. The van der Waals surface area contributed by atoms with Gasteiger partial charge in [0, 0.05) is 43.0 Å². The third-order valence-corrected chi connectivity index (χ3v) is 5.25. The first-order valence-electron chi connectivity index (χ1n) is 10.4. The summed E-state index contributed by atoms with van der Waals surface area (Å²) in [7, 11) is 1.42. The molecule has 6 heteroatoms. The van der Waals surface area contributed by atoms with Crippen LogP contribution >= 0.6 is 0 Å². The van der Waals surface area contributed by atoms with Gasteiger partial charge in [-0.25, -0.2) is 4.39 Å². The molecule has 0 radical (unpaired) electrons. The van der Waals surface area contributed by atoms with Crippen LogP contribution in [-0.4, -0.2) is 49.3 Å². The molecule has 162 valence electrons. The van der Waals surface area contributed by atoms with Crippen molar-refractivity contribution in [1.29, 1.82) is 0 Å². The number of anilines is 1. The summed E-state index contributed by atoms with van der Waals surface area (Å²) in [4.78, 5) is 17.2. The van der Waals surface area contributed by atoms with Gasteiger partial charge in [0.25, 0.3) is 5.91 Å². The van der Waals surface area contributed by atoms with Crippen molar-refractivity contribution < 1.29 is 18.7 Å². The van der Waals surface area contributed by atoms with E-state index in [4.69, 9.17) is 9.47 Å². The second-order valence-corrected chi connectivity index (χ2v) is 8.24. The van der Waals surface area contributed by atoms with E-state index in [-0.39, 0.29) is 29.9 Å². The number of carbonyl (C=O) groups excluding carboxylic acids is 1. The number of rotatable bonds is 6. The molecule has 2 unspecified atom stereocenters.